The van der Waals surface area contributed by atoms with Gasteiger partial charge in [-0.3, -0.25) is 0 Å². The number of nitrogen functional groups attached to an aromatic ring is 2. The summed E-state index contributed by atoms with van der Waals surface area (Å²) in [5.41, 5.74) is 25.7. The normalized spacial score (nSPS) is 15.4. The molecule has 4 aromatic rings. The first-order valence-electron chi connectivity index (χ1n) is 25.7. The maximum absolute atomic E-state index is 6.28. The van der Waals surface area contributed by atoms with E-state index in [1.165, 1.54) is 205 Å². The molecule has 2 nitrogen and oxygen atoms in total. The summed E-state index contributed by atoms with van der Waals surface area (Å²) in [4.78, 5) is 0. The summed E-state index contributed by atoms with van der Waals surface area (Å²) >= 11 is 0. The van der Waals surface area contributed by atoms with Gasteiger partial charge in [0.1, 0.15) is 0 Å². The van der Waals surface area contributed by atoms with Crippen molar-refractivity contribution < 1.29 is 0 Å². The van der Waals surface area contributed by atoms with Gasteiger partial charge in [0.15, 0.2) is 0 Å². The van der Waals surface area contributed by atoms with Crippen LogP contribution in [0.3, 0.4) is 0 Å². The summed E-state index contributed by atoms with van der Waals surface area (Å²) in [6, 6.07) is 33.2. The predicted octanol–water partition coefficient (Wildman–Crippen LogP) is 17.9. The Kier molecular flexibility index (Phi) is 21.3. The number of hydrogen-bond acceptors (Lipinski definition) is 2. The Labute approximate surface area is 375 Å². The zero-order chi connectivity index (χ0) is 43.2. The molecule has 5 rings (SSSR count). The van der Waals surface area contributed by atoms with Crippen LogP contribution < -0.4 is 11.5 Å². The Morgan fingerprint density at radius 2 is 0.803 bits per heavy atom. The molecule has 4 aromatic carbocycles. The third-order valence-electron chi connectivity index (χ3n) is 14.8. The Morgan fingerprint density at radius 1 is 0.410 bits per heavy atom. The van der Waals surface area contributed by atoms with Gasteiger partial charge >= 0.3 is 0 Å². The van der Waals surface area contributed by atoms with Crippen LogP contribution in [0, 0.1) is 25.7 Å². The molecule has 0 radical (unpaired) electrons. The van der Waals surface area contributed by atoms with Gasteiger partial charge in [-0.05, 0) is 120 Å². The lowest BCUT2D eigenvalue weighted by Crippen LogP contribution is -2.19. The predicted molar refractivity (Wildman–Crippen MR) is 269 cm³/mol. The molecule has 0 spiro atoms. The van der Waals surface area contributed by atoms with E-state index in [2.05, 4.69) is 120 Å². The topological polar surface area (TPSA) is 52.0 Å². The highest BCUT2D eigenvalue weighted by atomic mass is 14.5. The van der Waals surface area contributed by atoms with Gasteiger partial charge in [-0.15, -0.1) is 0 Å². The molecule has 1 aliphatic rings. The van der Waals surface area contributed by atoms with Gasteiger partial charge in [-0.1, -0.05) is 216 Å². The maximum atomic E-state index is 6.28. The Bertz CT molecular complexity index is 1660. The summed E-state index contributed by atoms with van der Waals surface area (Å²) in [5.74, 6) is 2.93. The summed E-state index contributed by atoms with van der Waals surface area (Å²) in [6.45, 7) is 11.5. The molecular weight excluding hydrogens is 737 g/mol. The highest BCUT2D eigenvalue weighted by molar-refractivity contribution is 5.50. The van der Waals surface area contributed by atoms with Gasteiger partial charge in [-0.2, -0.15) is 0 Å². The van der Waals surface area contributed by atoms with Crippen LogP contribution in [-0.4, -0.2) is 0 Å². The molecule has 0 bridgehead atoms. The number of aryl methyl sites for hydroxylation is 2. The minimum absolute atomic E-state index is 0.394. The lowest BCUT2D eigenvalue weighted by atomic mass is 9.74. The van der Waals surface area contributed by atoms with Crippen LogP contribution in [0.1, 0.15) is 244 Å². The highest BCUT2D eigenvalue weighted by Crippen LogP contribution is 2.41. The molecule has 4 N–H and O–H groups in total. The Morgan fingerprint density at radius 3 is 1.20 bits per heavy atom. The van der Waals surface area contributed by atoms with E-state index in [0.717, 1.165) is 23.2 Å². The van der Waals surface area contributed by atoms with Crippen LogP contribution in [0.4, 0.5) is 11.4 Å². The fourth-order valence-electron chi connectivity index (χ4n) is 11.2. The van der Waals surface area contributed by atoms with Crippen LogP contribution in [0.15, 0.2) is 84.9 Å². The molecule has 61 heavy (non-hydrogen) atoms. The number of hydrogen-bond donors (Lipinski definition) is 2. The van der Waals surface area contributed by atoms with Crippen molar-refractivity contribution in [3.05, 3.63) is 129 Å². The van der Waals surface area contributed by atoms with Gasteiger partial charge in [0.2, 0.25) is 0 Å². The van der Waals surface area contributed by atoms with Crippen LogP contribution in [0.2, 0.25) is 0 Å². The molecule has 3 unspecified atom stereocenters. The SMILES string of the molecule is CCCCCCCCCC(c1ccc(C(CCC(CCC)C2CCCCC2)c2ccc(C(CCCCCCCCC)c3ccc(N)cc3C)cc2)cc1)c1ccc(N)cc1C. The molecule has 1 aliphatic carbocycles. The summed E-state index contributed by atoms with van der Waals surface area (Å²) < 4.78 is 0. The minimum atomic E-state index is 0.394. The van der Waals surface area contributed by atoms with E-state index in [1.807, 2.05) is 0 Å². The van der Waals surface area contributed by atoms with E-state index in [9.17, 15) is 0 Å². The number of nitrogens with two attached hydrogens (primary N) is 2. The van der Waals surface area contributed by atoms with Crippen molar-refractivity contribution in [1.29, 1.82) is 0 Å². The van der Waals surface area contributed by atoms with E-state index in [1.54, 1.807) is 0 Å². The van der Waals surface area contributed by atoms with Crippen molar-refractivity contribution in [2.45, 2.75) is 213 Å². The van der Waals surface area contributed by atoms with E-state index < -0.39 is 0 Å². The zero-order valence-corrected chi connectivity index (χ0v) is 39.8. The standard InChI is InChI=1S/C59H88N2/c1-6-9-11-13-15-17-22-27-58(55-41-38-53(60)43-45(55)4)51-33-29-49(30-34-51)57(40-37-47(24-8-3)48-25-20-19-21-26-48)50-31-35-52(36-32-50)59(28-23-18-16-14-12-10-7-2)56-42-39-54(61)44-46(56)5/h29-36,38-39,41-44,47-48,57-59H,6-28,37,40,60-61H2,1-5H3. The molecule has 0 heterocycles. The summed E-state index contributed by atoms with van der Waals surface area (Å²) in [5, 5.41) is 0. The molecule has 1 saturated carbocycles. The minimum Gasteiger partial charge on any atom is -0.399 e. The molecule has 0 aliphatic heterocycles. The second-order valence-corrected chi connectivity index (χ2v) is 19.6. The molecular formula is C59H88N2. The number of benzene rings is 4. The fraction of sp³-hybridized carbons (Fsp3) is 0.593. The van der Waals surface area contributed by atoms with E-state index >= 15 is 0 Å². The van der Waals surface area contributed by atoms with Crippen molar-refractivity contribution in [3.63, 3.8) is 0 Å². The number of anilines is 2. The third-order valence-corrected chi connectivity index (χ3v) is 14.8. The quantitative estimate of drug-likeness (QED) is 0.0443. The number of rotatable bonds is 28. The average molecular weight is 825 g/mol. The Balaban J connectivity index is 1.42. The third kappa shape index (κ3) is 15.4. The second kappa shape index (κ2) is 26.8. The van der Waals surface area contributed by atoms with Gasteiger partial charge in [0, 0.05) is 29.1 Å². The molecule has 1 fully saturated rings. The molecule has 334 valence electrons. The first-order chi connectivity index (χ1) is 29.8. The molecule has 0 amide bonds. The first kappa shape index (κ1) is 48.5. The average Bonchev–Trinajstić information content (AvgIpc) is 3.27. The van der Waals surface area contributed by atoms with Crippen LogP contribution >= 0.6 is 0 Å². The molecule has 0 aromatic heterocycles. The maximum Gasteiger partial charge on any atom is 0.0316 e. The van der Waals surface area contributed by atoms with Crippen LogP contribution in [0.5, 0.6) is 0 Å². The largest absolute Gasteiger partial charge is 0.399 e. The fourth-order valence-corrected chi connectivity index (χ4v) is 11.2. The molecule has 3 atom stereocenters. The smallest absolute Gasteiger partial charge is 0.0316 e. The van der Waals surface area contributed by atoms with E-state index in [0.29, 0.717) is 17.8 Å². The van der Waals surface area contributed by atoms with Crippen LogP contribution in [0.25, 0.3) is 0 Å². The van der Waals surface area contributed by atoms with Gasteiger partial charge < -0.3 is 11.5 Å². The van der Waals surface area contributed by atoms with Gasteiger partial charge in [0.25, 0.3) is 0 Å². The van der Waals surface area contributed by atoms with Gasteiger partial charge in [0.05, 0.1) is 0 Å². The summed E-state index contributed by atoms with van der Waals surface area (Å²) in [6.07, 6.45) is 33.5. The van der Waals surface area contributed by atoms with Crippen molar-refractivity contribution in [2.24, 2.45) is 11.8 Å². The van der Waals surface area contributed by atoms with Crippen molar-refractivity contribution >= 4 is 11.4 Å². The first-order valence-corrected chi connectivity index (χ1v) is 25.7. The van der Waals surface area contributed by atoms with Gasteiger partial charge in [-0.25, -0.2) is 0 Å². The Hall–Kier alpha value is -3.52. The monoisotopic (exact) mass is 825 g/mol. The lowest BCUT2D eigenvalue weighted by molar-refractivity contribution is 0.218. The molecule has 0 saturated heterocycles. The van der Waals surface area contributed by atoms with E-state index in [4.69, 9.17) is 11.5 Å². The lowest BCUT2D eigenvalue weighted by Gasteiger charge is -2.32. The van der Waals surface area contributed by atoms with Crippen LogP contribution in [-0.2, 0) is 0 Å². The van der Waals surface area contributed by atoms with Crippen molar-refractivity contribution in [1.82, 2.24) is 0 Å². The highest BCUT2D eigenvalue weighted by Gasteiger charge is 2.26. The van der Waals surface area contributed by atoms with E-state index in [-0.39, 0.29) is 0 Å². The van der Waals surface area contributed by atoms with Crippen molar-refractivity contribution in [2.75, 3.05) is 11.5 Å². The second-order valence-electron chi connectivity index (χ2n) is 19.6. The zero-order valence-electron chi connectivity index (χ0n) is 39.8. The number of unbranched alkanes of at least 4 members (excludes halogenated alkanes) is 12. The molecule has 2 heteroatoms. The summed E-state index contributed by atoms with van der Waals surface area (Å²) in [7, 11) is 0. The van der Waals surface area contributed by atoms with Crippen molar-refractivity contribution in [3.8, 4) is 0 Å².